The van der Waals surface area contributed by atoms with Gasteiger partial charge in [0.05, 0.1) is 0 Å². The Morgan fingerprint density at radius 1 is 0.950 bits per heavy atom. The molecule has 0 saturated carbocycles. The molecule has 0 saturated heterocycles. The van der Waals surface area contributed by atoms with Gasteiger partial charge in [-0.2, -0.15) is 0 Å². The van der Waals surface area contributed by atoms with Gasteiger partial charge in [0, 0.05) is 24.1 Å². The van der Waals surface area contributed by atoms with Crippen molar-refractivity contribution in [2.75, 3.05) is 14.1 Å². The van der Waals surface area contributed by atoms with Crippen LogP contribution in [-0.4, -0.2) is 19.0 Å². The lowest BCUT2D eigenvalue weighted by Crippen LogP contribution is -2.17. The van der Waals surface area contributed by atoms with Crippen molar-refractivity contribution in [3.8, 4) is 0 Å². The third kappa shape index (κ3) is 4.44. The maximum Gasteiger partial charge on any atom is 0.0245 e. The first kappa shape index (κ1) is 15.2. The quantitative estimate of drug-likeness (QED) is 0.865. The Morgan fingerprint density at radius 2 is 1.60 bits per heavy atom. The largest absolute Gasteiger partial charge is 0.316 e. The normalized spacial score (nSPS) is 11.0. The standard InChI is InChI=1S/C17H21BrN2/c1-19-11-14-7-9-15(10-8-14)12-20(2)13-16-5-3-4-6-17(16)18/h3-10,19H,11-13H2,1-2H3. The van der Waals surface area contributed by atoms with Crippen LogP contribution in [0.3, 0.4) is 0 Å². The molecule has 2 rings (SSSR count). The van der Waals surface area contributed by atoms with Gasteiger partial charge in [-0.3, -0.25) is 4.90 Å². The Bertz CT molecular complexity index is 537. The second-order valence-corrected chi connectivity index (χ2v) is 5.96. The van der Waals surface area contributed by atoms with Crippen LogP contribution in [0.15, 0.2) is 53.0 Å². The van der Waals surface area contributed by atoms with Gasteiger partial charge in [-0.1, -0.05) is 58.4 Å². The van der Waals surface area contributed by atoms with Gasteiger partial charge in [0.15, 0.2) is 0 Å². The number of hydrogen-bond donors (Lipinski definition) is 1. The topological polar surface area (TPSA) is 15.3 Å². The maximum absolute atomic E-state index is 3.60. The highest BCUT2D eigenvalue weighted by atomic mass is 79.9. The molecule has 0 amide bonds. The molecule has 0 radical (unpaired) electrons. The van der Waals surface area contributed by atoms with E-state index in [1.807, 2.05) is 13.1 Å². The average Bonchev–Trinajstić information content (AvgIpc) is 2.44. The third-order valence-corrected chi connectivity index (χ3v) is 4.03. The molecule has 0 aliphatic rings. The number of halogens is 1. The van der Waals surface area contributed by atoms with Crippen LogP contribution in [0, 0.1) is 0 Å². The van der Waals surface area contributed by atoms with Crippen LogP contribution < -0.4 is 5.32 Å². The summed E-state index contributed by atoms with van der Waals surface area (Å²) in [6.07, 6.45) is 0. The molecule has 0 unspecified atom stereocenters. The van der Waals surface area contributed by atoms with Crippen molar-refractivity contribution in [2.45, 2.75) is 19.6 Å². The van der Waals surface area contributed by atoms with E-state index in [4.69, 9.17) is 0 Å². The summed E-state index contributed by atoms with van der Waals surface area (Å²) in [6, 6.07) is 17.2. The van der Waals surface area contributed by atoms with Gasteiger partial charge >= 0.3 is 0 Å². The second-order valence-electron chi connectivity index (χ2n) is 5.11. The molecule has 0 aliphatic heterocycles. The first-order chi connectivity index (χ1) is 9.69. The molecule has 0 aliphatic carbocycles. The smallest absolute Gasteiger partial charge is 0.0245 e. The number of benzene rings is 2. The minimum atomic E-state index is 0.924. The average molecular weight is 333 g/mol. The molecule has 0 heterocycles. The highest BCUT2D eigenvalue weighted by Crippen LogP contribution is 2.18. The van der Waals surface area contributed by atoms with Crippen LogP contribution in [-0.2, 0) is 19.6 Å². The number of rotatable bonds is 6. The van der Waals surface area contributed by atoms with Gasteiger partial charge in [-0.15, -0.1) is 0 Å². The second kappa shape index (κ2) is 7.58. The summed E-state index contributed by atoms with van der Waals surface area (Å²) < 4.78 is 1.18. The van der Waals surface area contributed by atoms with Crippen LogP contribution >= 0.6 is 15.9 Å². The molecule has 0 fully saturated rings. The molecular formula is C17H21BrN2. The van der Waals surface area contributed by atoms with Gasteiger partial charge in [-0.05, 0) is 36.9 Å². The molecule has 2 aromatic carbocycles. The molecule has 1 N–H and O–H groups in total. The summed E-state index contributed by atoms with van der Waals surface area (Å²) in [6.45, 7) is 2.83. The molecular weight excluding hydrogens is 312 g/mol. The fourth-order valence-corrected chi connectivity index (χ4v) is 2.66. The highest BCUT2D eigenvalue weighted by Gasteiger charge is 2.04. The van der Waals surface area contributed by atoms with E-state index in [1.54, 1.807) is 0 Å². The van der Waals surface area contributed by atoms with Crippen molar-refractivity contribution in [3.05, 3.63) is 69.7 Å². The number of hydrogen-bond acceptors (Lipinski definition) is 2. The fraction of sp³-hybridized carbons (Fsp3) is 0.294. The Kier molecular flexibility index (Phi) is 5.77. The molecule has 0 spiro atoms. The molecule has 20 heavy (non-hydrogen) atoms. The maximum atomic E-state index is 3.60. The highest BCUT2D eigenvalue weighted by molar-refractivity contribution is 9.10. The van der Waals surface area contributed by atoms with Gasteiger partial charge in [0.1, 0.15) is 0 Å². The minimum Gasteiger partial charge on any atom is -0.316 e. The van der Waals surface area contributed by atoms with E-state index in [1.165, 1.54) is 21.2 Å². The fourth-order valence-electron chi connectivity index (χ4n) is 2.25. The van der Waals surface area contributed by atoms with Crippen molar-refractivity contribution in [1.29, 1.82) is 0 Å². The SMILES string of the molecule is CNCc1ccc(CN(C)Cc2ccccc2Br)cc1. The van der Waals surface area contributed by atoms with Crippen LogP contribution in [0.1, 0.15) is 16.7 Å². The summed E-state index contributed by atoms with van der Waals surface area (Å²) in [7, 11) is 4.13. The van der Waals surface area contributed by atoms with Gasteiger partial charge in [-0.25, -0.2) is 0 Å². The summed E-state index contributed by atoms with van der Waals surface area (Å²) in [5.74, 6) is 0. The van der Waals surface area contributed by atoms with E-state index in [0.717, 1.165) is 19.6 Å². The van der Waals surface area contributed by atoms with Crippen molar-refractivity contribution >= 4 is 15.9 Å². The summed E-state index contributed by atoms with van der Waals surface area (Å²) in [5, 5.41) is 3.17. The van der Waals surface area contributed by atoms with E-state index in [0.29, 0.717) is 0 Å². The minimum absolute atomic E-state index is 0.924. The molecule has 3 heteroatoms. The Morgan fingerprint density at radius 3 is 2.25 bits per heavy atom. The van der Waals surface area contributed by atoms with E-state index >= 15 is 0 Å². The summed E-state index contributed by atoms with van der Waals surface area (Å²) in [5.41, 5.74) is 3.99. The predicted molar refractivity (Wildman–Crippen MR) is 88.5 cm³/mol. The number of nitrogens with one attached hydrogen (secondary N) is 1. The zero-order valence-corrected chi connectivity index (χ0v) is 13.7. The summed E-state index contributed by atoms with van der Waals surface area (Å²) >= 11 is 3.60. The first-order valence-corrected chi connectivity index (χ1v) is 7.62. The Labute approximate surface area is 129 Å². The van der Waals surface area contributed by atoms with Crippen molar-refractivity contribution in [2.24, 2.45) is 0 Å². The van der Waals surface area contributed by atoms with Gasteiger partial charge in [0.2, 0.25) is 0 Å². The Hall–Kier alpha value is -1.16. The van der Waals surface area contributed by atoms with E-state index in [-0.39, 0.29) is 0 Å². The lowest BCUT2D eigenvalue weighted by molar-refractivity contribution is 0.318. The van der Waals surface area contributed by atoms with Crippen molar-refractivity contribution < 1.29 is 0 Å². The van der Waals surface area contributed by atoms with Crippen LogP contribution in [0.2, 0.25) is 0 Å². The van der Waals surface area contributed by atoms with E-state index in [9.17, 15) is 0 Å². The van der Waals surface area contributed by atoms with Gasteiger partial charge in [0.25, 0.3) is 0 Å². The van der Waals surface area contributed by atoms with E-state index in [2.05, 4.69) is 75.7 Å². The lowest BCUT2D eigenvalue weighted by atomic mass is 10.1. The van der Waals surface area contributed by atoms with Crippen LogP contribution in [0.4, 0.5) is 0 Å². The zero-order chi connectivity index (χ0) is 14.4. The number of nitrogens with zero attached hydrogens (tertiary/aromatic N) is 1. The molecule has 2 aromatic rings. The molecule has 0 atom stereocenters. The Balaban J connectivity index is 1.94. The zero-order valence-electron chi connectivity index (χ0n) is 12.1. The van der Waals surface area contributed by atoms with Crippen molar-refractivity contribution in [1.82, 2.24) is 10.2 Å². The predicted octanol–water partition coefficient (Wildman–Crippen LogP) is 3.80. The lowest BCUT2D eigenvalue weighted by Gasteiger charge is -2.18. The van der Waals surface area contributed by atoms with Crippen LogP contribution in [0.25, 0.3) is 0 Å². The first-order valence-electron chi connectivity index (χ1n) is 6.83. The summed E-state index contributed by atoms with van der Waals surface area (Å²) in [4.78, 5) is 2.33. The van der Waals surface area contributed by atoms with Crippen molar-refractivity contribution in [3.63, 3.8) is 0 Å². The molecule has 106 valence electrons. The molecule has 0 bridgehead atoms. The van der Waals surface area contributed by atoms with Gasteiger partial charge < -0.3 is 5.32 Å². The molecule has 0 aromatic heterocycles. The third-order valence-electron chi connectivity index (χ3n) is 3.25. The monoisotopic (exact) mass is 332 g/mol. The molecule has 2 nitrogen and oxygen atoms in total. The van der Waals surface area contributed by atoms with Crippen LogP contribution in [0.5, 0.6) is 0 Å². The van der Waals surface area contributed by atoms with E-state index < -0.39 is 0 Å².